The SMILES string of the molecule is NC(=O)CC[C@@H](NC(=O)Cn1ccnn1)C(=O)O. The van der Waals surface area contributed by atoms with Crippen LogP contribution >= 0.6 is 0 Å². The van der Waals surface area contributed by atoms with Gasteiger partial charge >= 0.3 is 5.97 Å². The molecule has 9 heteroatoms. The van der Waals surface area contributed by atoms with Crippen LogP contribution in [0.15, 0.2) is 12.4 Å². The molecule has 1 atom stereocenters. The number of carboxylic acid groups (broad SMARTS) is 1. The molecule has 9 nitrogen and oxygen atoms in total. The van der Waals surface area contributed by atoms with E-state index in [0.717, 1.165) is 0 Å². The molecule has 0 saturated carbocycles. The fourth-order valence-corrected chi connectivity index (χ4v) is 1.25. The first-order valence-electron chi connectivity index (χ1n) is 5.13. The van der Waals surface area contributed by atoms with Gasteiger partial charge in [0.25, 0.3) is 0 Å². The molecule has 98 valence electrons. The smallest absolute Gasteiger partial charge is 0.326 e. The minimum atomic E-state index is -1.22. The van der Waals surface area contributed by atoms with E-state index in [1.54, 1.807) is 0 Å². The van der Waals surface area contributed by atoms with Crippen molar-refractivity contribution in [1.82, 2.24) is 20.3 Å². The Kier molecular flexibility index (Phi) is 4.78. The monoisotopic (exact) mass is 255 g/mol. The van der Waals surface area contributed by atoms with Crippen LogP contribution in [0.2, 0.25) is 0 Å². The Bertz CT molecular complexity index is 430. The van der Waals surface area contributed by atoms with Gasteiger partial charge in [0.05, 0.1) is 6.20 Å². The summed E-state index contributed by atoms with van der Waals surface area (Å²) in [4.78, 5) is 32.9. The fraction of sp³-hybridized carbons (Fsp3) is 0.444. The van der Waals surface area contributed by atoms with E-state index in [9.17, 15) is 14.4 Å². The first-order valence-corrected chi connectivity index (χ1v) is 5.13. The van der Waals surface area contributed by atoms with Gasteiger partial charge in [-0.3, -0.25) is 9.59 Å². The van der Waals surface area contributed by atoms with Crippen molar-refractivity contribution < 1.29 is 19.5 Å². The number of nitrogens with two attached hydrogens (primary N) is 1. The number of carboxylic acids is 1. The Morgan fingerprint density at radius 3 is 2.67 bits per heavy atom. The second-order valence-electron chi connectivity index (χ2n) is 3.56. The quantitative estimate of drug-likeness (QED) is 0.520. The molecule has 0 aliphatic carbocycles. The number of primary amides is 1. The topological polar surface area (TPSA) is 140 Å². The Balaban J connectivity index is 2.47. The number of hydrogen-bond donors (Lipinski definition) is 3. The second kappa shape index (κ2) is 6.33. The standard InChI is InChI=1S/C9H13N5O4/c10-7(15)2-1-6(9(17)18)12-8(16)5-14-4-3-11-13-14/h3-4,6H,1-2,5H2,(H2,10,15)(H,12,16)(H,17,18)/t6-/m1/s1. The van der Waals surface area contributed by atoms with Gasteiger partial charge < -0.3 is 16.2 Å². The zero-order valence-corrected chi connectivity index (χ0v) is 9.44. The van der Waals surface area contributed by atoms with Gasteiger partial charge in [0.15, 0.2) is 0 Å². The summed E-state index contributed by atoms with van der Waals surface area (Å²) in [5.74, 6) is -2.37. The summed E-state index contributed by atoms with van der Waals surface area (Å²) in [6, 6.07) is -1.14. The zero-order valence-electron chi connectivity index (χ0n) is 9.44. The van der Waals surface area contributed by atoms with Gasteiger partial charge in [-0.15, -0.1) is 5.10 Å². The largest absolute Gasteiger partial charge is 0.480 e. The van der Waals surface area contributed by atoms with Gasteiger partial charge in [-0.2, -0.15) is 0 Å². The molecular weight excluding hydrogens is 242 g/mol. The molecular formula is C9H13N5O4. The number of carbonyl (C=O) groups excluding carboxylic acids is 2. The van der Waals surface area contributed by atoms with Crippen molar-refractivity contribution in [2.45, 2.75) is 25.4 Å². The van der Waals surface area contributed by atoms with Gasteiger partial charge in [-0.25, -0.2) is 9.48 Å². The lowest BCUT2D eigenvalue weighted by atomic mass is 10.1. The molecule has 1 aromatic heterocycles. The molecule has 2 amide bonds. The Hall–Kier alpha value is -2.45. The van der Waals surface area contributed by atoms with Crippen LogP contribution in [-0.2, 0) is 20.9 Å². The third-order valence-electron chi connectivity index (χ3n) is 2.09. The van der Waals surface area contributed by atoms with E-state index in [1.807, 2.05) is 0 Å². The third kappa shape index (κ3) is 4.60. The molecule has 0 bridgehead atoms. The van der Waals surface area contributed by atoms with Gasteiger partial charge in [-0.05, 0) is 6.42 Å². The summed E-state index contributed by atoms with van der Waals surface area (Å²) in [6.07, 6.45) is 2.71. The number of amides is 2. The maximum atomic E-state index is 11.5. The molecule has 0 saturated heterocycles. The van der Waals surface area contributed by atoms with Crippen LogP contribution in [0.4, 0.5) is 0 Å². The van der Waals surface area contributed by atoms with Gasteiger partial charge in [0.1, 0.15) is 12.6 Å². The molecule has 1 aromatic rings. The lowest BCUT2D eigenvalue weighted by Crippen LogP contribution is -2.42. The second-order valence-corrected chi connectivity index (χ2v) is 3.56. The summed E-state index contributed by atoms with van der Waals surface area (Å²) in [7, 11) is 0. The first kappa shape index (κ1) is 13.6. The number of nitrogens with zero attached hydrogens (tertiary/aromatic N) is 3. The molecule has 0 aromatic carbocycles. The molecule has 0 aliphatic rings. The highest BCUT2D eigenvalue weighted by molar-refractivity contribution is 5.84. The van der Waals surface area contributed by atoms with Crippen LogP contribution in [0.3, 0.4) is 0 Å². The zero-order chi connectivity index (χ0) is 13.5. The average molecular weight is 255 g/mol. The molecule has 0 spiro atoms. The number of nitrogens with one attached hydrogen (secondary N) is 1. The maximum Gasteiger partial charge on any atom is 0.326 e. The minimum Gasteiger partial charge on any atom is -0.480 e. The summed E-state index contributed by atoms with van der Waals surface area (Å²) in [6.45, 7) is -0.139. The van der Waals surface area contributed by atoms with Crippen LogP contribution in [0.25, 0.3) is 0 Å². The average Bonchev–Trinajstić information content (AvgIpc) is 2.76. The summed E-state index contributed by atoms with van der Waals surface area (Å²) >= 11 is 0. The highest BCUT2D eigenvalue weighted by Gasteiger charge is 2.20. The predicted molar refractivity (Wildman–Crippen MR) is 58.0 cm³/mol. The van der Waals surface area contributed by atoms with E-state index >= 15 is 0 Å². The maximum absolute atomic E-state index is 11.5. The van der Waals surface area contributed by atoms with Crippen LogP contribution in [0, 0.1) is 0 Å². The molecule has 1 heterocycles. The molecule has 0 radical (unpaired) electrons. The number of hydrogen-bond acceptors (Lipinski definition) is 5. The highest BCUT2D eigenvalue weighted by atomic mass is 16.4. The van der Waals surface area contributed by atoms with Crippen LogP contribution in [0.5, 0.6) is 0 Å². The van der Waals surface area contributed by atoms with Crippen LogP contribution in [-0.4, -0.2) is 43.9 Å². The summed E-state index contributed by atoms with van der Waals surface area (Å²) in [5.41, 5.74) is 4.91. The Morgan fingerprint density at radius 2 is 2.17 bits per heavy atom. The Morgan fingerprint density at radius 1 is 1.44 bits per heavy atom. The molecule has 1 rings (SSSR count). The fourth-order valence-electron chi connectivity index (χ4n) is 1.25. The molecule has 0 unspecified atom stereocenters. The highest BCUT2D eigenvalue weighted by Crippen LogP contribution is 1.97. The van der Waals surface area contributed by atoms with E-state index in [-0.39, 0.29) is 19.4 Å². The molecule has 4 N–H and O–H groups in total. The van der Waals surface area contributed by atoms with Gasteiger partial charge in [0, 0.05) is 12.6 Å². The summed E-state index contributed by atoms with van der Waals surface area (Å²) < 4.78 is 1.25. The van der Waals surface area contributed by atoms with Crippen molar-refractivity contribution in [3.63, 3.8) is 0 Å². The van der Waals surface area contributed by atoms with Crippen molar-refractivity contribution in [3.8, 4) is 0 Å². The van der Waals surface area contributed by atoms with E-state index in [2.05, 4.69) is 15.6 Å². The Labute approximate surface area is 102 Å². The minimum absolute atomic E-state index is 0.0479. The normalized spacial score (nSPS) is 11.8. The number of rotatable bonds is 7. The number of carbonyl (C=O) groups is 3. The number of aliphatic carboxylic acids is 1. The number of aromatic nitrogens is 3. The van der Waals surface area contributed by atoms with E-state index in [1.165, 1.54) is 17.1 Å². The van der Waals surface area contributed by atoms with E-state index in [4.69, 9.17) is 10.8 Å². The first-order chi connectivity index (χ1) is 8.49. The lowest BCUT2D eigenvalue weighted by Gasteiger charge is -2.13. The molecule has 18 heavy (non-hydrogen) atoms. The summed E-state index contributed by atoms with van der Waals surface area (Å²) in [5, 5.41) is 18.2. The van der Waals surface area contributed by atoms with Crippen molar-refractivity contribution in [3.05, 3.63) is 12.4 Å². The van der Waals surface area contributed by atoms with E-state index < -0.39 is 23.8 Å². The van der Waals surface area contributed by atoms with Crippen molar-refractivity contribution in [1.29, 1.82) is 0 Å². The van der Waals surface area contributed by atoms with E-state index in [0.29, 0.717) is 0 Å². The molecule has 0 fully saturated rings. The van der Waals surface area contributed by atoms with Crippen LogP contribution < -0.4 is 11.1 Å². The van der Waals surface area contributed by atoms with Crippen molar-refractivity contribution >= 4 is 17.8 Å². The predicted octanol–water partition coefficient (Wildman–Crippen LogP) is -1.89. The van der Waals surface area contributed by atoms with Crippen molar-refractivity contribution in [2.75, 3.05) is 0 Å². The van der Waals surface area contributed by atoms with Crippen LogP contribution in [0.1, 0.15) is 12.8 Å². The van der Waals surface area contributed by atoms with Gasteiger partial charge in [0.2, 0.25) is 11.8 Å². The van der Waals surface area contributed by atoms with Gasteiger partial charge in [-0.1, -0.05) is 5.21 Å². The lowest BCUT2D eigenvalue weighted by molar-refractivity contribution is -0.142. The van der Waals surface area contributed by atoms with Crippen molar-refractivity contribution in [2.24, 2.45) is 5.73 Å². The molecule has 0 aliphatic heterocycles. The third-order valence-corrected chi connectivity index (χ3v) is 2.09.